The number of halogens is 13. The zero-order valence-corrected chi connectivity index (χ0v) is 29.8. The van der Waals surface area contributed by atoms with Crippen LogP contribution >= 0.6 is 34.8 Å². The molecule has 2 aliphatic rings. The van der Waals surface area contributed by atoms with Crippen molar-refractivity contribution < 1.29 is 84.6 Å². The van der Waals surface area contributed by atoms with Crippen LogP contribution in [0.3, 0.4) is 0 Å². The van der Waals surface area contributed by atoms with Gasteiger partial charge in [0.1, 0.15) is 27.6 Å². The van der Waals surface area contributed by atoms with Crippen LogP contribution in [-0.4, -0.2) is 28.0 Å². The molecule has 2 fully saturated rings. The first-order chi connectivity index (χ1) is 21.7. The first kappa shape index (κ1) is 38.4. The fourth-order valence-electron chi connectivity index (χ4n) is 4.98. The Kier molecular flexibility index (Phi) is 10.7. The minimum atomic E-state index is -4.96. The molecule has 3 aromatic carbocycles. The van der Waals surface area contributed by atoms with E-state index in [4.69, 9.17) is 34.8 Å². The van der Waals surface area contributed by atoms with Gasteiger partial charge >= 0.3 is 18.0 Å². The second-order valence-corrected chi connectivity index (χ2v) is 12.6. The molecule has 3 aromatic rings. The third kappa shape index (κ3) is 7.10. The smallest absolute Gasteiger partial charge is 0.419 e. The van der Waals surface area contributed by atoms with E-state index in [-0.39, 0.29) is 53.0 Å². The van der Waals surface area contributed by atoms with E-state index in [1.807, 2.05) is 0 Å². The Bertz CT molecular complexity index is 1780. The summed E-state index contributed by atoms with van der Waals surface area (Å²) in [6.07, 6.45) is -6.51. The van der Waals surface area contributed by atoms with E-state index >= 15 is 4.39 Å². The van der Waals surface area contributed by atoms with Gasteiger partial charge in [0, 0.05) is 43.2 Å². The van der Waals surface area contributed by atoms with E-state index in [1.54, 1.807) is 0 Å². The number of benzene rings is 3. The van der Waals surface area contributed by atoms with Gasteiger partial charge in [0.25, 0.3) is 5.91 Å². The van der Waals surface area contributed by atoms with Crippen LogP contribution in [-0.2, 0) is 11.0 Å². The van der Waals surface area contributed by atoms with E-state index in [1.165, 1.54) is 24.0 Å². The van der Waals surface area contributed by atoms with Gasteiger partial charge in [-0.15, -0.1) is 29.1 Å². The molecule has 3 atom stereocenters. The molecule has 2 aliphatic carbocycles. The molecule has 5 nitrogen and oxygen atoms in total. The van der Waals surface area contributed by atoms with Crippen molar-refractivity contribution in [2.24, 2.45) is 11.8 Å². The molecule has 48 heavy (non-hydrogen) atoms. The van der Waals surface area contributed by atoms with Crippen LogP contribution in [0.4, 0.5) is 61.0 Å². The minimum absolute atomic E-state index is 0. The topological polar surface area (TPSA) is 70.2 Å². The molecule has 19 heteroatoms. The first-order valence-corrected chi connectivity index (χ1v) is 14.3. The number of carbonyl (C=O) groups is 2. The Balaban J connectivity index is 0.00000520. The Labute approximate surface area is 303 Å². The van der Waals surface area contributed by atoms with Gasteiger partial charge in [-0.1, -0.05) is 17.7 Å². The number of hydrogen-bond donors (Lipinski definition) is 3. The monoisotopic (exact) mass is 972 g/mol. The molecule has 0 spiro atoms. The van der Waals surface area contributed by atoms with Gasteiger partial charge in [0.05, 0.1) is 21.8 Å². The Morgan fingerprint density at radius 1 is 0.896 bits per heavy atom. The van der Waals surface area contributed by atoms with Crippen molar-refractivity contribution in [3.05, 3.63) is 94.2 Å². The molecule has 256 valence electrons. The first-order valence-electron chi connectivity index (χ1n) is 13.2. The van der Waals surface area contributed by atoms with Crippen molar-refractivity contribution in [3.8, 4) is 0 Å². The molecule has 0 aromatic heterocycles. The molecule has 0 aliphatic heterocycles. The largest absolute Gasteiger partial charge is 0.535 e. The van der Waals surface area contributed by atoms with Crippen LogP contribution in [0, 0.1) is 66.9 Å². The van der Waals surface area contributed by atoms with Gasteiger partial charge < -0.3 is 16.0 Å². The van der Waals surface area contributed by atoms with Crippen LogP contribution < -0.4 is 16.0 Å². The maximum Gasteiger partial charge on any atom is 0.419 e. The van der Waals surface area contributed by atoms with Gasteiger partial charge in [0.2, 0.25) is 5.91 Å². The molecular formula is C29H17Cl3F10N3O2U-. The van der Waals surface area contributed by atoms with Gasteiger partial charge in [-0.2, -0.15) is 30.7 Å². The van der Waals surface area contributed by atoms with Gasteiger partial charge in [0.15, 0.2) is 5.82 Å². The maximum absolute atomic E-state index is 15.1. The summed E-state index contributed by atoms with van der Waals surface area (Å²) in [5, 5.41) is 6.21. The molecule has 3 N–H and O–H groups in total. The third-order valence-electron chi connectivity index (χ3n) is 7.69. The molecule has 0 radical (unpaired) electrons. The number of carbonyl (C=O) groups excluding carboxylic acids is 2. The molecule has 0 bridgehead atoms. The average Bonchev–Trinajstić information content (AvgIpc) is 3.53. The molecule has 2 amide bonds. The number of alkyl halides is 9. The summed E-state index contributed by atoms with van der Waals surface area (Å²) in [7, 11) is 0. The third-order valence-corrected chi connectivity index (χ3v) is 9.00. The summed E-state index contributed by atoms with van der Waals surface area (Å²) in [6, 6.07) is 7.45. The van der Waals surface area contributed by atoms with Crippen LogP contribution in [0.25, 0.3) is 0 Å². The van der Waals surface area contributed by atoms with E-state index in [0.29, 0.717) is 18.2 Å². The number of nitrogens with one attached hydrogen (secondary N) is 3. The van der Waals surface area contributed by atoms with E-state index in [0.717, 1.165) is 18.2 Å². The SMILES string of the molecule is O=C(Nc1ccc(F)c(NC(=O)C2CC(F)(F)C2(F)F)c1F)c1cc(N[CH-][C@H]2[C@H](c3ccc(F)c(C(F)(F)F)c3)C2(Cl)Cl)ccc1Cl.[U]. The van der Waals surface area contributed by atoms with Crippen molar-refractivity contribution in [2.75, 3.05) is 16.0 Å². The van der Waals surface area contributed by atoms with E-state index in [2.05, 4.69) is 10.6 Å². The predicted octanol–water partition coefficient (Wildman–Crippen LogP) is 9.42. The van der Waals surface area contributed by atoms with Crippen molar-refractivity contribution in [1.82, 2.24) is 0 Å². The molecule has 2 saturated carbocycles. The Morgan fingerprint density at radius 2 is 1.54 bits per heavy atom. The van der Waals surface area contributed by atoms with Crippen LogP contribution in [0.5, 0.6) is 0 Å². The number of hydrogen-bond acceptors (Lipinski definition) is 3. The second-order valence-electron chi connectivity index (χ2n) is 10.7. The normalized spacial score (nSPS) is 21.7. The summed E-state index contributed by atoms with van der Waals surface area (Å²) < 4.78 is 135. The fourth-order valence-corrected chi connectivity index (χ4v) is 5.96. The fraction of sp³-hybridized carbons (Fsp3) is 0.276. The maximum atomic E-state index is 15.1. The van der Waals surface area contributed by atoms with Gasteiger partial charge in [-0.25, -0.2) is 19.7 Å². The quantitative estimate of drug-likeness (QED) is 0.120. The van der Waals surface area contributed by atoms with Gasteiger partial charge in [-0.05, 0) is 53.9 Å². The van der Waals surface area contributed by atoms with Gasteiger partial charge in [-0.3, -0.25) is 9.59 Å². The van der Waals surface area contributed by atoms with Crippen molar-refractivity contribution in [3.63, 3.8) is 0 Å². The standard InChI is InChI=1S/C29H17Cl3F10N3O2.U/c30-17-3-2-12(43-10-16-21(27(16,31)32)11-1-4-18(33)14(7-11)29(40,41)42)8-13(17)24(46)44-20-6-5-19(34)23(22(20)35)45-25(47)15-9-26(36,37)28(15,38)39;/h1-8,10,15-16,21,43H,9H2,(H,44,46)(H,45,47);/q-1;/t15?,16-,21-;/m0./s1. The predicted molar refractivity (Wildman–Crippen MR) is 152 cm³/mol. The minimum Gasteiger partial charge on any atom is -0.535 e. The summed E-state index contributed by atoms with van der Waals surface area (Å²) in [5.41, 5.74) is -3.63. The number of amides is 2. The van der Waals surface area contributed by atoms with Crippen LogP contribution in [0.2, 0.25) is 5.02 Å². The van der Waals surface area contributed by atoms with Crippen molar-refractivity contribution >= 4 is 63.7 Å². The Hall–Kier alpha value is -2.38. The molecule has 1 unspecified atom stereocenters. The Morgan fingerprint density at radius 3 is 2.15 bits per heavy atom. The zero-order chi connectivity index (χ0) is 34.9. The van der Waals surface area contributed by atoms with Crippen molar-refractivity contribution in [2.45, 2.75) is 34.7 Å². The summed E-state index contributed by atoms with van der Waals surface area (Å²) in [4.78, 5) is 25.1. The zero-order valence-electron chi connectivity index (χ0n) is 23.4. The van der Waals surface area contributed by atoms with Crippen molar-refractivity contribution in [1.29, 1.82) is 0 Å². The molecule has 5 rings (SSSR count). The van der Waals surface area contributed by atoms with E-state index < -0.39 is 92.7 Å². The number of anilines is 3. The van der Waals surface area contributed by atoms with Crippen LogP contribution in [0.1, 0.15) is 33.8 Å². The average molecular weight is 974 g/mol. The van der Waals surface area contributed by atoms with Crippen LogP contribution in [0.15, 0.2) is 48.5 Å². The summed E-state index contributed by atoms with van der Waals surface area (Å²) in [5.74, 6) is -20.8. The number of rotatable bonds is 8. The molecular weight excluding hydrogens is 957 g/mol. The summed E-state index contributed by atoms with van der Waals surface area (Å²) >= 11 is 18.7. The van der Waals surface area contributed by atoms with E-state index in [9.17, 15) is 49.1 Å². The molecule has 0 heterocycles. The second kappa shape index (κ2) is 13.4. The molecule has 0 saturated heterocycles. The summed E-state index contributed by atoms with van der Waals surface area (Å²) in [6.45, 7) is 1.32.